The van der Waals surface area contributed by atoms with Crippen LogP contribution in [-0.4, -0.2) is 40.5 Å². The minimum absolute atomic E-state index is 0.0252. The zero-order chi connectivity index (χ0) is 12.1. The molecular weight excluding hydrogens is 226 g/mol. The van der Waals surface area contributed by atoms with Crippen LogP contribution in [0, 0.1) is 5.92 Å². The average Bonchev–Trinajstić information content (AvgIpc) is 2.30. The van der Waals surface area contributed by atoms with E-state index in [1.54, 1.807) is 0 Å². The SMILES string of the molecule is CCC[C@@H]1CN(C(=O)[C@H](Cl)CC)CC[C@@H]1O. The number of aliphatic hydroxyl groups excluding tert-OH is 1. The highest BCUT2D eigenvalue weighted by Crippen LogP contribution is 2.23. The number of hydrogen-bond donors (Lipinski definition) is 1. The molecule has 0 bridgehead atoms. The van der Waals surface area contributed by atoms with Crippen LogP contribution < -0.4 is 0 Å². The number of carbonyl (C=O) groups excluding carboxylic acids is 1. The van der Waals surface area contributed by atoms with Crippen LogP contribution in [-0.2, 0) is 4.79 Å². The Morgan fingerprint density at radius 2 is 2.25 bits per heavy atom. The first-order valence-electron chi connectivity index (χ1n) is 6.21. The molecular formula is C12H22ClNO2. The van der Waals surface area contributed by atoms with E-state index in [9.17, 15) is 9.90 Å². The Morgan fingerprint density at radius 1 is 1.56 bits per heavy atom. The molecule has 3 atom stereocenters. The van der Waals surface area contributed by atoms with Crippen LogP contribution in [0.15, 0.2) is 0 Å². The standard InChI is InChI=1S/C12H22ClNO2/c1-3-5-9-8-14(7-6-11(9)15)12(16)10(13)4-2/h9-11,15H,3-8H2,1-2H3/t9-,10-,11+/m1/s1. The van der Waals surface area contributed by atoms with E-state index in [0.29, 0.717) is 25.9 Å². The van der Waals surface area contributed by atoms with Crippen molar-refractivity contribution < 1.29 is 9.90 Å². The Labute approximate surface area is 103 Å². The molecule has 3 nitrogen and oxygen atoms in total. The van der Waals surface area contributed by atoms with Gasteiger partial charge in [-0.25, -0.2) is 0 Å². The second-order valence-corrected chi connectivity index (χ2v) is 5.09. The minimum Gasteiger partial charge on any atom is -0.393 e. The van der Waals surface area contributed by atoms with Gasteiger partial charge in [-0.3, -0.25) is 4.79 Å². The number of aliphatic hydroxyl groups is 1. The van der Waals surface area contributed by atoms with Crippen LogP contribution in [0.2, 0.25) is 0 Å². The van der Waals surface area contributed by atoms with Gasteiger partial charge in [-0.15, -0.1) is 11.6 Å². The van der Waals surface area contributed by atoms with E-state index in [1.807, 2.05) is 11.8 Å². The highest BCUT2D eigenvalue weighted by molar-refractivity contribution is 6.30. The van der Waals surface area contributed by atoms with Crippen LogP contribution in [0.25, 0.3) is 0 Å². The van der Waals surface area contributed by atoms with Crippen molar-refractivity contribution in [1.29, 1.82) is 0 Å². The maximum Gasteiger partial charge on any atom is 0.240 e. The molecule has 0 spiro atoms. The van der Waals surface area contributed by atoms with Gasteiger partial charge in [0.15, 0.2) is 0 Å². The lowest BCUT2D eigenvalue weighted by atomic mass is 9.90. The molecule has 16 heavy (non-hydrogen) atoms. The van der Waals surface area contributed by atoms with E-state index in [4.69, 9.17) is 11.6 Å². The lowest BCUT2D eigenvalue weighted by Gasteiger charge is -2.37. The predicted molar refractivity (Wildman–Crippen MR) is 65.5 cm³/mol. The van der Waals surface area contributed by atoms with E-state index in [1.165, 1.54) is 0 Å². The average molecular weight is 248 g/mol. The summed E-state index contributed by atoms with van der Waals surface area (Å²) in [5.74, 6) is 0.251. The van der Waals surface area contributed by atoms with E-state index in [0.717, 1.165) is 12.8 Å². The van der Waals surface area contributed by atoms with Gasteiger partial charge < -0.3 is 10.0 Å². The summed E-state index contributed by atoms with van der Waals surface area (Å²) >= 11 is 5.96. The lowest BCUT2D eigenvalue weighted by molar-refractivity contribution is -0.134. The number of likely N-dealkylation sites (tertiary alicyclic amines) is 1. The highest BCUT2D eigenvalue weighted by atomic mass is 35.5. The molecule has 1 heterocycles. The van der Waals surface area contributed by atoms with Crippen LogP contribution in [0.4, 0.5) is 0 Å². The number of alkyl halides is 1. The Morgan fingerprint density at radius 3 is 2.81 bits per heavy atom. The first-order chi connectivity index (χ1) is 7.60. The molecule has 0 aromatic heterocycles. The van der Waals surface area contributed by atoms with Gasteiger partial charge in [-0.2, -0.15) is 0 Å². The third-order valence-corrected chi connectivity index (χ3v) is 3.79. The van der Waals surface area contributed by atoms with Crippen LogP contribution >= 0.6 is 11.6 Å². The molecule has 0 saturated carbocycles. The second kappa shape index (κ2) is 6.45. The smallest absolute Gasteiger partial charge is 0.240 e. The van der Waals surface area contributed by atoms with E-state index in [-0.39, 0.29) is 17.9 Å². The van der Waals surface area contributed by atoms with Crippen molar-refractivity contribution in [3.63, 3.8) is 0 Å². The van der Waals surface area contributed by atoms with Gasteiger partial charge in [-0.05, 0) is 19.3 Å². The fourth-order valence-corrected chi connectivity index (χ4v) is 2.39. The molecule has 0 aromatic carbocycles. The number of amides is 1. The van der Waals surface area contributed by atoms with Gasteiger partial charge >= 0.3 is 0 Å². The fourth-order valence-electron chi connectivity index (χ4n) is 2.25. The summed E-state index contributed by atoms with van der Waals surface area (Å²) in [6, 6.07) is 0. The number of piperidine rings is 1. The zero-order valence-electron chi connectivity index (χ0n) is 10.2. The molecule has 1 fully saturated rings. The molecule has 0 unspecified atom stereocenters. The minimum atomic E-state index is -0.405. The lowest BCUT2D eigenvalue weighted by Crippen LogP contribution is -2.48. The van der Waals surface area contributed by atoms with Crippen LogP contribution in [0.5, 0.6) is 0 Å². The van der Waals surface area contributed by atoms with Crippen molar-refractivity contribution in [2.24, 2.45) is 5.92 Å². The van der Waals surface area contributed by atoms with E-state index in [2.05, 4.69) is 6.92 Å². The fraction of sp³-hybridized carbons (Fsp3) is 0.917. The van der Waals surface area contributed by atoms with Crippen molar-refractivity contribution in [3.8, 4) is 0 Å². The van der Waals surface area contributed by atoms with Gasteiger partial charge in [0.05, 0.1) is 6.10 Å². The summed E-state index contributed by atoms with van der Waals surface area (Å²) in [6.45, 7) is 5.32. The Hall–Kier alpha value is -0.280. The number of rotatable bonds is 4. The number of halogens is 1. The quantitative estimate of drug-likeness (QED) is 0.773. The van der Waals surface area contributed by atoms with E-state index < -0.39 is 5.38 Å². The molecule has 0 radical (unpaired) electrons. The first-order valence-corrected chi connectivity index (χ1v) is 6.64. The normalized spacial score (nSPS) is 27.9. The third-order valence-electron chi connectivity index (χ3n) is 3.29. The molecule has 1 rings (SSSR count). The van der Waals surface area contributed by atoms with Gasteiger partial charge in [0.2, 0.25) is 5.91 Å². The maximum atomic E-state index is 11.9. The highest BCUT2D eigenvalue weighted by Gasteiger charge is 2.31. The first kappa shape index (κ1) is 13.8. The summed E-state index contributed by atoms with van der Waals surface area (Å²) in [7, 11) is 0. The molecule has 0 aliphatic carbocycles. The molecule has 0 aromatic rings. The van der Waals surface area contributed by atoms with Crippen molar-refractivity contribution in [3.05, 3.63) is 0 Å². The monoisotopic (exact) mass is 247 g/mol. The third kappa shape index (κ3) is 3.36. The Kier molecular flexibility index (Phi) is 5.56. The maximum absolute atomic E-state index is 11.9. The Bertz CT molecular complexity index is 235. The van der Waals surface area contributed by atoms with Gasteiger partial charge in [0.25, 0.3) is 0 Å². The van der Waals surface area contributed by atoms with Crippen LogP contribution in [0.3, 0.4) is 0 Å². The van der Waals surface area contributed by atoms with E-state index >= 15 is 0 Å². The van der Waals surface area contributed by atoms with Crippen LogP contribution in [0.1, 0.15) is 39.5 Å². The zero-order valence-corrected chi connectivity index (χ0v) is 10.9. The second-order valence-electron chi connectivity index (χ2n) is 4.56. The summed E-state index contributed by atoms with van der Waals surface area (Å²) in [5.41, 5.74) is 0. The molecule has 94 valence electrons. The van der Waals surface area contributed by atoms with Gasteiger partial charge in [0, 0.05) is 19.0 Å². The predicted octanol–water partition coefficient (Wildman–Crippen LogP) is 2.01. The summed E-state index contributed by atoms with van der Waals surface area (Å²) in [4.78, 5) is 13.7. The van der Waals surface area contributed by atoms with Gasteiger partial charge in [0.1, 0.15) is 5.38 Å². The molecule has 1 amide bonds. The summed E-state index contributed by atoms with van der Waals surface area (Å²) in [6.07, 6.45) is 3.12. The summed E-state index contributed by atoms with van der Waals surface area (Å²) < 4.78 is 0. The topological polar surface area (TPSA) is 40.5 Å². The molecule has 1 aliphatic heterocycles. The van der Waals surface area contributed by atoms with Crippen molar-refractivity contribution in [1.82, 2.24) is 4.90 Å². The number of nitrogens with zero attached hydrogens (tertiary/aromatic N) is 1. The van der Waals surface area contributed by atoms with Crippen molar-refractivity contribution in [2.75, 3.05) is 13.1 Å². The summed E-state index contributed by atoms with van der Waals surface area (Å²) in [5, 5.41) is 9.42. The molecule has 1 saturated heterocycles. The molecule has 1 N–H and O–H groups in total. The Balaban J connectivity index is 2.54. The van der Waals surface area contributed by atoms with Crippen molar-refractivity contribution in [2.45, 2.75) is 51.0 Å². The number of carbonyl (C=O) groups is 1. The number of hydrogen-bond acceptors (Lipinski definition) is 2. The van der Waals surface area contributed by atoms with Crippen molar-refractivity contribution >= 4 is 17.5 Å². The van der Waals surface area contributed by atoms with Gasteiger partial charge in [-0.1, -0.05) is 20.3 Å². The molecule has 4 heteroatoms. The molecule has 1 aliphatic rings. The largest absolute Gasteiger partial charge is 0.393 e.